The Bertz CT molecular complexity index is 1230. The van der Waals surface area contributed by atoms with E-state index in [1.54, 1.807) is 36.7 Å². The lowest BCUT2D eigenvalue weighted by atomic mass is 9.97. The van der Waals surface area contributed by atoms with Crippen LogP contribution in [0, 0.1) is 0 Å². The van der Waals surface area contributed by atoms with Gasteiger partial charge in [0.1, 0.15) is 23.4 Å². The zero-order valence-corrected chi connectivity index (χ0v) is 17.3. The van der Waals surface area contributed by atoms with Gasteiger partial charge in [-0.25, -0.2) is 9.97 Å². The summed E-state index contributed by atoms with van der Waals surface area (Å²) in [5.41, 5.74) is 14.7. The summed E-state index contributed by atoms with van der Waals surface area (Å²) in [6, 6.07) is 20.7. The summed E-state index contributed by atoms with van der Waals surface area (Å²) in [5.74, 6) is 3.27. The number of benzene rings is 2. The lowest BCUT2D eigenvalue weighted by Crippen LogP contribution is -2.15. The molecule has 32 heavy (non-hydrogen) atoms. The third kappa shape index (κ3) is 4.41. The highest BCUT2D eigenvalue weighted by Gasteiger charge is 2.22. The van der Waals surface area contributed by atoms with E-state index in [0.717, 1.165) is 35.5 Å². The smallest absolute Gasteiger partial charge is 0.219 e. The number of aromatic nitrogens is 2. The molecule has 4 aromatic rings. The molecule has 3 heterocycles. The lowest BCUT2D eigenvalue weighted by Gasteiger charge is -2.27. The Kier molecular flexibility index (Phi) is 5.21. The second-order valence-corrected chi connectivity index (χ2v) is 7.55. The zero-order valence-electron chi connectivity index (χ0n) is 17.3. The van der Waals surface area contributed by atoms with Gasteiger partial charge < -0.3 is 25.7 Å². The van der Waals surface area contributed by atoms with Crippen LogP contribution in [0.2, 0.25) is 0 Å². The van der Waals surface area contributed by atoms with Crippen LogP contribution in [-0.2, 0) is 6.42 Å². The van der Waals surface area contributed by atoms with Gasteiger partial charge in [-0.1, -0.05) is 12.1 Å². The van der Waals surface area contributed by atoms with E-state index < -0.39 is 0 Å². The van der Waals surface area contributed by atoms with Crippen molar-refractivity contribution in [1.82, 2.24) is 9.97 Å². The molecule has 2 aromatic heterocycles. The molecule has 1 aliphatic rings. The van der Waals surface area contributed by atoms with Crippen molar-refractivity contribution < 1.29 is 14.2 Å². The van der Waals surface area contributed by atoms with Gasteiger partial charge in [-0.05, 0) is 66.4 Å². The molecular formula is C25H22N4O3. The molecule has 0 spiro atoms. The Morgan fingerprint density at radius 2 is 1.47 bits per heavy atom. The maximum Gasteiger partial charge on any atom is 0.219 e. The first-order chi connectivity index (χ1) is 15.6. The standard InChI is InChI=1S/C25H22N4O3/c26-18-5-10-24(28-14-18)30-20-3-1-2-16(12-20)22-8-4-17-13-21(7-9-23(17)32-22)31-25-11-6-19(27)15-29-25/h1-3,5-7,9-15,22H,4,8,26-27H2. The lowest BCUT2D eigenvalue weighted by molar-refractivity contribution is 0.176. The first-order valence-corrected chi connectivity index (χ1v) is 10.3. The summed E-state index contributed by atoms with van der Waals surface area (Å²) >= 11 is 0. The normalized spacial score (nSPS) is 14.8. The number of nitrogens with two attached hydrogens (primary N) is 2. The fourth-order valence-electron chi connectivity index (χ4n) is 3.59. The molecule has 0 aliphatic carbocycles. The van der Waals surface area contributed by atoms with Crippen LogP contribution in [0.5, 0.6) is 29.0 Å². The number of rotatable bonds is 5. The summed E-state index contributed by atoms with van der Waals surface area (Å²) < 4.78 is 18.0. The molecular weight excluding hydrogens is 404 g/mol. The molecule has 0 fully saturated rings. The maximum atomic E-state index is 6.28. The molecule has 5 rings (SSSR count). The van der Waals surface area contributed by atoms with Gasteiger partial charge in [0.05, 0.1) is 23.8 Å². The molecule has 7 heteroatoms. The first-order valence-electron chi connectivity index (χ1n) is 10.3. The van der Waals surface area contributed by atoms with Gasteiger partial charge in [0.2, 0.25) is 11.8 Å². The Morgan fingerprint density at radius 3 is 2.12 bits per heavy atom. The predicted octanol–water partition coefficient (Wildman–Crippen LogP) is 5.29. The third-order valence-corrected chi connectivity index (χ3v) is 5.17. The van der Waals surface area contributed by atoms with E-state index in [4.69, 9.17) is 25.7 Å². The largest absolute Gasteiger partial charge is 0.485 e. The SMILES string of the molecule is Nc1ccc(Oc2cccc(C3CCc4cc(Oc5ccc(N)cn5)ccc4O3)c2)nc1. The van der Waals surface area contributed by atoms with E-state index in [9.17, 15) is 0 Å². The number of fused-ring (bicyclic) bond motifs is 1. The fraction of sp³-hybridized carbons (Fsp3) is 0.120. The van der Waals surface area contributed by atoms with E-state index in [1.807, 2.05) is 42.5 Å². The summed E-state index contributed by atoms with van der Waals surface area (Å²) in [6.07, 6.45) is 4.80. The quantitative estimate of drug-likeness (QED) is 0.446. The second kappa shape index (κ2) is 8.47. The Morgan fingerprint density at radius 1 is 0.781 bits per heavy atom. The highest BCUT2D eigenvalue weighted by Crippen LogP contribution is 2.38. The van der Waals surface area contributed by atoms with Crippen LogP contribution in [0.1, 0.15) is 23.7 Å². The topological polar surface area (TPSA) is 106 Å². The van der Waals surface area contributed by atoms with E-state index in [0.29, 0.717) is 28.9 Å². The Hall–Kier alpha value is -4.26. The molecule has 160 valence electrons. The van der Waals surface area contributed by atoms with E-state index in [1.165, 1.54) is 0 Å². The highest BCUT2D eigenvalue weighted by atomic mass is 16.5. The number of anilines is 2. The van der Waals surface area contributed by atoms with Crippen molar-refractivity contribution in [1.29, 1.82) is 0 Å². The van der Waals surface area contributed by atoms with Crippen molar-refractivity contribution in [2.24, 2.45) is 0 Å². The molecule has 0 saturated heterocycles. The monoisotopic (exact) mass is 426 g/mol. The predicted molar refractivity (Wildman–Crippen MR) is 122 cm³/mol. The summed E-state index contributed by atoms with van der Waals surface area (Å²) in [7, 11) is 0. The van der Waals surface area contributed by atoms with Crippen molar-refractivity contribution in [3.05, 3.63) is 90.3 Å². The van der Waals surface area contributed by atoms with Gasteiger partial charge in [0.25, 0.3) is 0 Å². The van der Waals surface area contributed by atoms with Crippen molar-refractivity contribution >= 4 is 11.4 Å². The van der Waals surface area contributed by atoms with Gasteiger partial charge in [-0.3, -0.25) is 0 Å². The van der Waals surface area contributed by atoms with Gasteiger partial charge in [0.15, 0.2) is 0 Å². The van der Waals surface area contributed by atoms with Gasteiger partial charge in [-0.2, -0.15) is 0 Å². The number of pyridine rings is 2. The number of aryl methyl sites for hydroxylation is 1. The molecule has 1 aliphatic heterocycles. The number of hydrogen-bond donors (Lipinski definition) is 2. The molecule has 4 N–H and O–H groups in total. The van der Waals surface area contributed by atoms with Crippen LogP contribution >= 0.6 is 0 Å². The second-order valence-electron chi connectivity index (χ2n) is 7.55. The van der Waals surface area contributed by atoms with Crippen molar-refractivity contribution in [2.75, 3.05) is 11.5 Å². The highest BCUT2D eigenvalue weighted by molar-refractivity contribution is 5.45. The molecule has 1 atom stereocenters. The van der Waals surface area contributed by atoms with Gasteiger partial charge >= 0.3 is 0 Å². The number of nitrogens with zero attached hydrogens (tertiary/aromatic N) is 2. The number of nitrogen functional groups attached to an aromatic ring is 2. The number of hydrogen-bond acceptors (Lipinski definition) is 7. The van der Waals surface area contributed by atoms with Crippen LogP contribution in [0.3, 0.4) is 0 Å². The molecule has 0 bridgehead atoms. The minimum absolute atomic E-state index is 0.0593. The Balaban J connectivity index is 1.29. The maximum absolute atomic E-state index is 6.28. The summed E-state index contributed by atoms with van der Waals surface area (Å²) in [5, 5.41) is 0. The molecule has 0 radical (unpaired) electrons. The van der Waals surface area contributed by atoms with Crippen LogP contribution in [0.25, 0.3) is 0 Å². The molecule has 2 aromatic carbocycles. The van der Waals surface area contributed by atoms with E-state index in [-0.39, 0.29) is 6.10 Å². The van der Waals surface area contributed by atoms with Gasteiger partial charge in [0, 0.05) is 12.1 Å². The van der Waals surface area contributed by atoms with E-state index in [2.05, 4.69) is 9.97 Å². The molecule has 0 amide bonds. The first kappa shape index (κ1) is 19.7. The molecule has 7 nitrogen and oxygen atoms in total. The van der Waals surface area contributed by atoms with Crippen molar-refractivity contribution in [2.45, 2.75) is 18.9 Å². The zero-order chi connectivity index (χ0) is 21.9. The van der Waals surface area contributed by atoms with Crippen LogP contribution in [-0.4, -0.2) is 9.97 Å². The van der Waals surface area contributed by atoms with Crippen LogP contribution in [0.15, 0.2) is 79.1 Å². The average molecular weight is 426 g/mol. The minimum atomic E-state index is -0.0593. The molecule has 0 saturated carbocycles. The van der Waals surface area contributed by atoms with Crippen molar-refractivity contribution in [3.8, 4) is 29.0 Å². The number of ether oxygens (including phenoxy) is 3. The summed E-state index contributed by atoms with van der Waals surface area (Å²) in [4.78, 5) is 8.37. The minimum Gasteiger partial charge on any atom is -0.485 e. The van der Waals surface area contributed by atoms with Gasteiger partial charge in [-0.15, -0.1) is 0 Å². The van der Waals surface area contributed by atoms with Crippen molar-refractivity contribution in [3.63, 3.8) is 0 Å². The van der Waals surface area contributed by atoms with Crippen LogP contribution in [0.4, 0.5) is 11.4 Å². The fourth-order valence-corrected chi connectivity index (χ4v) is 3.59. The Labute approximate surface area is 185 Å². The summed E-state index contributed by atoms with van der Waals surface area (Å²) in [6.45, 7) is 0. The molecule has 1 unspecified atom stereocenters. The van der Waals surface area contributed by atoms with Crippen LogP contribution < -0.4 is 25.7 Å². The van der Waals surface area contributed by atoms with E-state index >= 15 is 0 Å². The average Bonchev–Trinajstić information content (AvgIpc) is 2.82. The third-order valence-electron chi connectivity index (χ3n) is 5.17.